The second-order valence-corrected chi connectivity index (χ2v) is 8.11. The first kappa shape index (κ1) is 16.6. The molecular formula is C20H27N3O2. The highest BCUT2D eigenvalue weighted by molar-refractivity contribution is 5.85. The standard InChI is InChI=1S/C20H27N3O2/c21-18(24)13-22-10-8-20(9-11-22)12-17(15-4-2-1-3-5-15)19(25)23(14-20)16-6-7-16/h1-5,16-17H,6-14H2,(H2,21,24)/t17-/m1/s1. The van der Waals surface area contributed by atoms with Gasteiger partial charge >= 0.3 is 0 Å². The van der Waals surface area contributed by atoms with Crippen molar-refractivity contribution in [3.8, 4) is 0 Å². The van der Waals surface area contributed by atoms with Gasteiger partial charge in [-0.15, -0.1) is 0 Å². The maximum atomic E-state index is 13.1. The lowest BCUT2D eigenvalue weighted by Crippen LogP contribution is -2.55. The van der Waals surface area contributed by atoms with Crippen molar-refractivity contribution in [2.75, 3.05) is 26.2 Å². The van der Waals surface area contributed by atoms with E-state index in [1.54, 1.807) is 0 Å². The number of carbonyl (C=O) groups is 2. The van der Waals surface area contributed by atoms with Crippen molar-refractivity contribution in [1.82, 2.24) is 9.80 Å². The van der Waals surface area contributed by atoms with Crippen LogP contribution in [0.4, 0.5) is 0 Å². The van der Waals surface area contributed by atoms with Gasteiger partial charge in [0.05, 0.1) is 12.5 Å². The van der Waals surface area contributed by atoms with E-state index in [4.69, 9.17) is 5.73 Å². The SMILES string of the molecule is NC(=O)CN1CCC2(CC1)C[C@H](c1ccccc1)C(=O)N(C1CC1)C2. The van der Waals surface area contributed by atoms with E-state index in [1.807, 2.05) is 18.2 Å². The number of nitrogens with two attached hydrogens (primary N) is 1. The molecule has 2 aliphatic heterocycles. The Kier molecular flexibility index (Phi) is 4.28. The number of nitrogens with zero attached hydrogens (tertiary/aromatic N) is 2. The van der Waals surface area contributed by atoms with Crippen LogP contribution in [0.5, 0.6) is 0 Å². The van der Waals surface area contributed by atoms with Gasteiger partial charge < -0.3 is 10.6 Å². The van der Waals surface area contributed by atoms with Gasteiger partial charge in [0.25, 0.3) is 0 Å². The van der Waals surface area contributed by atoms with E-state index in [0.717, 1.165) is 57.3 Å². The molecule has 25 heavy (non-hydrogen) atoms. The van der Waals surface area contributed by atoms with Crippen molar-refractivity contribution in [2.24, 2.45) is 11.1 Å². The molecule has 2 N–H and O–H groups in total. The molecule has 2 saturated heterocycles. The quantitative estimate of drug-likeness (QED) is 0.907. The fourth-order valence-electron chi connectivity index (χ4n) is 4.63. The van der Waals surface area contributed by atoms with Crippen LogP contribution in [0.15, 0.2) is 30.3 Å². The van der Waals surface area contributed by atoms with Crippen molar-refractivity contribution in [1.29, 1.82) is 0 Å². The average molecular weight is 341 g/mol. The second kappa shape index (κ2) is 6.45. The summed E-state index contributed by atoms with van der Waals surface area (Å²) < 4.78 is 0. The zero-order valence-electron chi connectivity index (χ0n) is 14.7. The number of hydrogen-bond acceptors (Lipinski definition) is 3. The molecule has 0 unspecified atom stereocenters. The minimum atomic E-state index is -0.253. The summed E-state index contributed by atoms with van der Waals surface area (Å²) in [7, 11) is 0. The van der Waals surface area contributed by atoms with E-state index >= 15 is 0 Å². The molecule has 1 aromatic carbocycles. The highest BCUT2D eigenvalue weighted by Gasteiger charge is 2.49. The zero-order valence-corrected chi connectivity index (χ0v) is 14.7. The largest absolute Gasteiger partial charge is 0.369 e. The monoisotopic (exact) mass is 341 g/mol. The Morgan fingerprint density at radius 2 is 1.84 bits per heavy atom. The van der Waals surface area contributed by atoms with Crippen LogP contribution < -0.4 is 5.73 Å². The molecule has 0 aromatic heterocycles. The van der Waals surface area contributed by atoms with Crippen molar-refractivity contribution >= 4 is 11.8 Å². The van der Waals surface area contributed by atoms with Gasteiger partial charge in [-0.25, -0.2) is 0 Å². The molecule has 0 radical (unpaired) electrons. The molecular weight excluding hydrogens is 314 g/mol. The maximum Gasteiger partial charge on any atom is 0.231 e. The number of hydrogen-bond donors (Lipinski definition) is 1. The minimum Gasteiger partial charge on any atom is -0.369 e. The van der Waals surface area contributed by atoms with E-state index in [0.29, 0.717) is 18.5 Å². The van der Waals surface area contributed by atoms with E-state index in [2.05, 4.69) is 21.9 Å². The predicted molar refractivity (Wildman–Crippen MR) is 95.8 cm³/mol. The van der Waals surface area contributed by atoms with E-state index in [1.165, 1.54) is 0 Å². The average Bonchev–Trinajstić information content (AvgIpc) is 3.44. The molecule has 3 fully saturated rings. The lowest BCUT2D eigenvalue weighted by Gasteiger charge is -2.50. The van der Waals surface area contributed by atoms with Gasteiger partial charge in [0.1, 0.15) is 0 Å². The lowest BCUT2D eigenvalue weighted by atomic mass is 9.67. The molecule has 5 heteroatoms. The molecule has 5 nitrogen and oxygen atoms in total. The van der Waals surface area contributed by atoms with Crippen LogP contribution in [0.2, 0.25) is 0 Å². The van der Waals surface area contributed by atoms with Gasteiger partial charge in [-0.1, -0.05) is 30.3 Å². The van der Waals surface area contributed by atoms with Crippen LogP contribution in [0, 0.1) is 5.41 Å². The fraction of sp³-hybridized carbons (Fsp3) is 0.600. The Morgan fingerprint density at radius 3 is 2.44 bits per heavy atom. The normalized spacial score (nSPS) is 26.8. The molecule has 2 heterocycles. The minimum absolute atomic E-state index is 0.0155. The second-order valence-electron chi connectivity index (χ2n) is 8.11. The smallest absolute Gasteiger partial charge is 0.231 e. The third kappa shape index (κ3) is 3.43. The Morgan fingerprint density at radius 1 is 1.16 bits per heavy atom. The Hall–Kier alpha value is -1.88. The third-order valence-corrected chi connectivity index (χ3v) is 6.21. The molecule has 3 aliphatic rings. The summed E-state index contributed by atoms with van der Waals surface area (Å²) in [6.07, 6.45) is 5.32. The molecule has 1 spiro atoms. The first-order chi connectivity index (χ1) is 12.1. The summed E-state index contributed by atoms with van der Waals surface area (Å²) in [5.41, 5.74) is 6.68. The molecule has 1 saturated carbocycles. The van der Waals surface area contributed by atoms with Crippen molar-refractivity contribution in [3.63, 3.8) is 0 Å². The summed E-state index contributed by atoms with van der Waals surface area (Å²) in [5.74, 6) is 0.0497. The molecule has 1 atom stereocenters. The molecule has 1 aromatic rings. The van der Waals surface area contributed by atoms with Crippen LogP contribution in [0.1, 0.15) is 43.6 Å². The summed E-state index contributed by atoms with van der Waals surface area (Å²) in [6, 6.07) is 10.7. The molecule has 0 bridgehead atoms. The maximum absolute atomic E-state index is 13.1. The number of likely N-dealkylation sites (tertiary alicyclic amines) is 2. The lowest BCUT2D eigenvalue weighted by molar-refractivity contribution is -0.142. The van der Waals surface area contributed by atoms with Gasteiger partial charge in [0.15, 0.2) is 0 Å². The molecule has 134 valence electrons. The van der Waals surface area contributed by atoms with Crippen LogP contribution in [-0.2, 0) is 9.59 Å². The number of rotatable bonds is 4. The molecule has 2 amide bonds. The van der Waals surface area contributed by atoms with Crippen molar-refractivity contribution in [3.05, 3.63) is 35.9 Å². The Balaban J connectivity index is 1.54. The summed E-state index contributed by atoms with van der Waals surface area (Å²) >= 11 is 0. The Bertz CT molecular complexity index is 648. The van der Waals surface area contributed by atoms with E-state index in [-0.39, 0.29) is 17.2 Å². The first-order valence-electron chi connectivity index (χ1n) is 9.42. The van der Waals surface area contributed by atoms with Crippen LogP contribution >= 0.6 is 0 Å². The van der Waals surface area contributed by atoms with Crippen LogP contribution in [0.25, 0.3) is 0 Å². The van der Waals surface area contributed by atoms with Crippen LogP contribution in [0.3, 0.4) is 0 Å². The summed E-state index contributed by atoms with van der Waals surface area (Å²) in [5, 5.41) is 0. The summed E-state index contributed by atoms with van der Waals surface area (Å²) in [4.78, 5) is 28.6. The number of benzene rings is 1. The number of carbonyl (C=O) groups excluding carboxylic acids is 2. The van der Waals surface area contributed by atoms with Gasteiger partial charge in [0, 0.05) is 12.6 Å². The molecule has 1 aliphatic carbocycles. The highest BCUT2D eigenvalue weighted by atomic mass is 16.2. The highest BCUT2D eigenvalue weighted by Crippen LogP contribution is 2.48. The zero-order chi connectivity index (χ0) is 17.4. The van der Waals surface area contributed by atoms with Gasteiger partial charge in [0.2, 0.25) is 11.8 Å². The third-order valence-electron chi connectivity index (χ3n) is 6.21. The van der Waals surface area contributed by atoms with Crippen molar-refractivity contribution < 1.29 is 9.59 Å². The van der Waals surface area contributed by atoms with E-state index in [9.17, 15) is 9.59 Å². The predicted octanol–water partition coefficient (Wildman–Crippen LogP) is 1.73. The number of piperidine rings is 2. The van der Waals surface area contributed by atoms with E-state index < -0.39 is 0 Å². The Labute approximate surface area is 149 Å². The van der Waals surface area contributed by atoms with Crippen LogP contribution in [-0.4, -0.2) is 53.8 Å². The topological polar surface area (TPSA) is 66.6 Å². The first-order valence-corrected chi connectivity index (χ1v) is 9.42. The number of primary amides is 1. The fourth-order valence-corrected chi connectivity index (χ4v) is 4.63. The van der Waals surface area contributed by atoms with Gasteiger partial charge in [-0.2, -0.15) is 0 Å². The van der Waals surface area contributed by atoms with Gasteiger partial charge in [-0.05, 0) is 56.2 Å². The summed E-state index contributed by atoms with van der Waals surface area (Å²) in [6.45, 7) is 3.04. The van der Waals surface area contributed by atoms with Gasteiger partial charge in [-0.3, -0.25) is 14.5 Å². The number of amides is 2. The van der Waals surface area contributed by atoms with Crippen molar-refractivity contribution in [2.45, 2.75) is 44.1 Å². The molecule has 4 rings (SSSR count).